The van der Waals surface area contributed by atoms with E-state index in [1.807, 2.05) is 12.3 Å². The smallest absolute Gasteiger partial charge is 0.354 e. The summed E-state index contributed by atoms with van der Waals surface area (Å²) >= 11 is 0. The molecule has 1 heterocycles. The quantitative estimate of drug-likeness (QED) is 0.240. The number of rotatable bonds is 16. The molecule has 0 radical (unpaired) electrons. The fraction of sp³-hybridized carbons (Fsp3) is 0.773. The van der Waals surface area contributed by atoms with Gasteiger partial charge in [0, 0.05) is 12.7 Å². The van der Waals surface area contributed by atoms with Crippen LogP contribution in [-0.2, 0) is 11.3 Å². The van der Waals surface area contributed by atoms with Gasteiger partial charge in [0.25, 0.3) is 0 Å². The fourth-order valence-corrected chi connectivity index (χ4v) is 3.28. The van der Waals surface area contributed by atoms with E-state index < -0.39 is 6.17 Å². The maximum Gasteiger partial charge on any atom is 0.354 e. The number of esters is 1. The number of hydrogen-bond acceptors (Lipinski definition) is 2. The Morgan fingerprint density at radius 1 is 1.00 bits per heavy atom. The maximum atomic E-state index is 14.1. The molecule has 0 bridgehead atoms. The molecule has 0 aliphatic carbocycles. The monoisotopic (exact) mass is 367 g/mol. The molecular weight excluding hydrogens is 329 g/mol. The topological polar surface area (TPSA) is 31.2 Å². The number of unbranched alkanes of at least 4 members (excludes halogenated alkanes) is 9. The summed E-state index contributed by atoms with van der Waals surface area (Å²) in [6, 6.07) is 3.54. The van der Waals surface area contributed by atoms with Crippen molar-refractivity contribution >= 4 is 5.97 Å². The van der Waals surface area contributed by atoms with Crippen molar-refractivity contribution in [2.24, 2.45) is 0 Å². The first-order chi connectivity index (χ1) is 12.7. The van der Waals surface area contributed by atoms with Crippen molar-refractivity contribution in [3.05, 3.63) is 24.0 Å². The SMILES string of the molecule is CCCCCCCCCCCCC(F)CCn1cccc1C(=O)OCC. The van der Waals surface area contributed by atoms with Crippen LogP contribution in [0, 0.1) is 0 Å². The van der Waals surface area contributed by atoms with Crippen LogP contribution in [0.15, 0.2) is 18.3 Å². The number of hydrogen-bond donors (Lipinski definition) is 0. The number of nitrogens with zero attached hydrogens (tertiary/aromatic N) is 1. The largest absolute Gasteiger partial charge is 0.461 e. The van der Waals surface area contributed by atoms with E-state index in [0.717, 1.165) is 12.8 Å². The summed E-state index contributed by atoms with van der Waals surface area (Å²) in [6.07, 6.45) is 14.8. The minimum atomic E-state index is -0.790. The summed E-state index contributed by atoms with van der Waals surface area (Å²) in [4.78, 5) is 11.8. The molecule has 0 saturated heterocycles. The minimum Gasteiger partial charge on any atom is -0.461 e. The van der Waals surface area contributed by atoms with Crippen molar-refractivity contribution in [1.29, 1.82) is 0 Å². The second-order valence-electron chi connectivity index (χ2n) is 7.16. The van der Waals surface area contributed by atoms with E-state index in [1.54, 1.807) is 17.6 Å². The second-order valence-corrected chi connectivity index (χ2v) is 7.16. The van der Waals surface area contributed by atoms with E-state index >= 15 is 0 Å². The third kappa shape index (κ3) is 9.98. The predicted molar refractivity (Wildman–Crippen MR) is 106 cm³/mol. The number of carbonyl (C=O) groups excluding carboxylic acids is 1. The summed E-state index contributed by atoms with van der Waals surface area (Å²) in [5.74, 6) is -0.331. The lowest BCUT2D eigenvalue weighted by atomic mass is 10.0. The first-order valence-electron chi connectivity index (χ1n) is 10.6. The molecule has 0 aromatic carbocycles. The van der Waals surface area contributed by atoms with Crippen molar-refractivity contribution < 1.29 is 13.9 Å². The molecule has 0 aliphatic rings. The lowest BCUT2D eigenvalue weighted by Gasteiger charge is -2.11. The van der Waals surface area contributed by atoms with E-state index in [4.69, 9.17) is 4.74 Å². The third-order valence-corrected chi connectivity index (χ3v) is 4.87. The summed E-state index contributed by atoms with van der Waals surface area (Å²) in [5.41, 5.74) is 0.512. The van der Waals surface area contributed by atoms with E-state index in [-0.39, 0.29) is 5.97 Å². The van der Waals surface area contributed by atoms with Crippen LogP contribution >= 0.6 is 0 Å². The Hall–Kier alpha value is -1.32. The highest BCUT2D eigenvalue weighted by atomic mass is 19.1. The van der Waals surface area contributed by atoms with Crippen LogP contribution in [-0.4, -0.2) is 23.3 Å². The third-order valence-electron chi connectivity index (χ3n) is 4.87. The van der Waals surface area contributed by atoms with E-state index in [9.17, 15) is 9.18 Å². The van der Waals surface area contributed by atoms with Gasteiger partial charge in [-0.05, 0) is 31.9 Å². The van der Waals surface area contributed by atoms with Crippen LogP contribution in [0.3, 0.4) is 0 Å². The molecule has 0 aliphatic heterocycles. The molecule has 1 atom stereocenters. The van der Waals surface area contributed by atoms with E-state index in [1.165, 1.54) is 51.4 Å². The van der Waals surface area contributed by atoms with Gasteiger partial charge in [0.1, 0.15) is 11.9 Å². The van der Waals surface area contributed by atoms with Gasteiger partial charge < -0.3 is 9.30 Å². The van der Waals surface area contributed by atoms with E-state index in [2.05, 4.69) is 6.92 Å². The lowest BCUT2D eigenvalue weighted by Crippen LogP contribution is -2.14. The van der Waals surface area contributed by atoms with Gasteiger partial charge in [0.2, 0.25) is 0 Å². The number of carbonyl (C=O) groups is 1. The Morgan fingerprint density at radius 3 is 2.23 bits per heavy atom. The van der Waals surface area contributed by atoms with Crippen LogP contribution in [0.4, 0.5) is 4.39 Å². The number of aryl methyl sites for hydroxylation is 1. The summed E-state index contributed by atoms with van der Waals surface area (Å²) in [7, 11) is 0. The van der Waals surface area contributed by atoms with Crippen molar-refractivity contribution in [2.45, 2.75) is 104 Å². The molecule has 0 fully saturated rings. The predicted octanol–water partition coefficient (Wildman–Crippen LogP) is 6.70. The van der Waals surface area contributed by atoms with Gasteiger partial charge in [-0.2, -0.15) is 0 Å². The van der Waals surface area contributed by atoms with Gasteiger partial charge in [-0.3, -0.25) is 0 Å². The first kappa shape index (κ1) is 22.7. The molecule has 0 spiro atoms. The Bertz CT molecular complexity index is 472. The van der Waals surface area contributed by atoms with E-state index in [0.29, 0.717) is 31.7 Å². The van der Waals surface area contributed by atoms with Crippen molar-refractivity contribution in [2.75, 3.05) is 6.61 Å². The highest BCUT2D eigenvalue weighted by molar-refractivity contribution is 5.87. The molecule has 150 valence electrons. The highest BCUT2D eigenvalue weighted by Crippen LogP contribution is 2.15. The Balaban J connectivity index is 2.05. The maximum absolute atomic E-state index is 14.1. The average molecular weight is 368 g/mol. The van der Waals surface area contributed by atoms with Crippen molar-refractivity contribution in [1.82, 2.24) is 4.57 Å². The van der Waals surface area contributed by atoms with Gasteiger partial charge in [-0.25, -0.2) is 9.18 Å². The summed E-state index contributed by atoms with van der Waals surface area (Å²) in [5, 5.41) is 0. The Morgan fingerprint density at radius 2 is 1.62 bits per heavy atom. The van der Waals surface area contributed by atoms with Gasteiger partial charge in [-0.15, -0.1) is 0 Å². The number of aromatic nitrogens is 1. The van der Waals surface area contributed by atoms with Crippen LogP contribution in [0.2, 0.25) is 0 Å². The zero-order chi connectivity index (χ0) is 19.0. The molecule has 4 heteroatoms. The molecular formula is C22H38FNO2. The molecule has 0 N–H and O–H groups in total. The molecule has 3 nitrogen and oxygen atoms in total. The average Bonchev–Trinajstić information content (AvgIpc) is 3.10. The number of ether oxygens (including phenoxy) is 1. The van der Waals surface area contributed by atoms with Gasteiger partial charge in [0.05, 0.1) is 6.61 Å². The van der Waals surface area contributed by atoms with Gasteiger partial charge >= 0.3 is 5.97 Å². The van der Waals surface area contributed by atoms with Gasteiger partial charge in [0.15, 0.2) is 0 Å². The molecule has 1 unspecified atom stereocenters. The fourth-order valence-electron chi connectivity index (χ4n) is 3.28. The number of halogens is 1. The molecule has 1 aromatic rings. The summed E-state index contributed by atoms with van der Waals surface area (Å²) < 4.78 is 20.9. The van der Waals surface area contributed by atoms with Crippen LogP contribution in [0.5, 0.6) is 0 Å². The van der Waals surface area contributed by atoms with Gasteiger partial charge in [-0.1, -0.05) is 71.1 Å². The second kappa shape index (κ2) is 14.8. The molecule has 1 aromatic heterocycles. The molecule has 26 heavy (non-hydrogen) atoms. The zero-order valence-electron chi connectivity index (χ0n) is 16.9. The van der Waals surface area contributed by atoms with Crippen LogP contribution in [0.1, 0.15) is 101 Å². The molecule has 0 saturated carbocycles. The lowest BCUT2D eigenvalue weighted by molar-refractivity contribution is 0.0513. The number of alkyl halides is 1. The van der Waals surface area contributed by atoms with Crippen LogP contribution in [0.25, 0.3) is 0 Å². The molecule has 1 rings (SSSR count). The molecule has 0 amide bonds. The van der Waals surface area contributed by atoms with Crippen molar-refractivity contribution in [3.8, 4) is 0 Å². The Labute approximate surface area is 159 Å². The normalized spacial score (nSPS) is 12.3. The first-order valence-corrected chi connectivity index (χ1v) is 10.6. The van der Waals surface area contributed by atoms with Crippen LogP contribution < -0.4 is 0 Å². The minimum absolute atomic E-state index is 0.331. The zero-order valence-corrected chi connectivity index (χ0v) is 16.9. The Kier molecular flexibility index (Phi) is 12.9. The highest BCUT2D eigenvalue weighted by Gasteiger charge is 2.13. The standard InChI is InChI=1S/C22H38FNO2/c1-3-5-6-7-8-9-10-11-12-13-15-20(23)17-19-24-18-14-16-21(24)22(25)26-4-2/h14,16,18,20H,3-13,15,17,19H2,1-2H3. The summed E-state index contributed by atoms with van der Waals surface area (Å²) in [6.45, 7) is 4.92. The van der Waals surface area contributed by atoms with Crippen molar-refractivity contribution in [3.63, 3.8) is 0 Å².